The van der Waals surface area contributed by atoms with Gasteiger partial charge in [0, 0.05) is 46.1 Å². The van der Waals surface area contributed by atoms with Crippen LogP contribution in [0.5, 0.6) is 0 Å². The normalized spacial score (nSPS) is 12.4. The summed E-state index contributed by atoms with van der Waals surface area (Å²) in [4.78, 5) is 14.8. The van der Waals surface area contributed by atoms with Crippen molar-refractivity contribution >= 4 is 152 Å². The molecule has 0 fully saturated rings. The largest absolute Gasteiger partial charge is 0.292 e. The highest BCUT2D eigenvalue weighted by Gasteiger charge is 2.30. The molecule has 150 heavy (non-hydrogen) atoms. The Kier molecular flexibility index (Phi) is 22.0. The number of fused-ring (bicyclic) bond motifs is 14. The number of hydrogen-bond acceptors (Lipinski definition) is 3. The Morgan fingerprint density at radius 2 is 0.500 bits per heavy atom. The summed E-state index contributed by atoms with van der Waals surface area (Å²) >= 11 is 0. The third-order valence-electron chi connectivity index (χ3n) is 30.8. The first-order chi connectivity index (χ1) is 74.4. The minimum atomic E-state index is 0.204. The number of allylic oxidation sites excluding steroid dienone is 1. The zero-order valence-electron chi connectivity index (χ0n) is 82.1. The monoisotopic (exact) mass is 1900 g/mol. The van der Waals surface area contributed by atoms with Crippen LogP contribution in [0.3, 0.4) is 0 Å². The summed E-state index contributed by atoms with van der Waals surface area (Å²) in [7, 11) is 0. The summed E-state index contributed by atoms with van der Waals surface area (Å²) in [6.45, 7) is 0. The summed E-state index contributed by atoms with van der Waals surface area (Å²) in [5.41, 5.74) is 33.3. The molecule has 4 nitrogen and oxygen atoms in total. The van der Waals surface area contributed by atoms with Crippen molar-refractivity contribution in [3.63, 3.8) is 0 Å². The van der Waals surface area contributed by atoms with Crippen molar-refractivity contribution in [2.75, 3.05) is 0 Å². The minimum Gasteiger partial charge on any atom is -0.292 e. The van der Waals surface area contributed by atoms with Crippen molar-refractivity contribution in [1.29, 1.82) is 0 Å². The van der Waals surface area contributed by atoms with Crippen molar-refractivity contribution in [2.45, 2.75) is 5.92 Å². The number of pyridine rings is 2. The summed E-state index contributed by atoms with van der Waals surface area (Å²) in [6, 6.07) is 199. The Balaban J connectivity index is 0.000000108. The molecule has 3 heterocycles. The highest BCUT2D eigenvalue weighted by Crippen LogP contribution is 2.53. The molecule has 0 amide bonds. The molecular formula is C146H94N4. The van der Waals surface area contributed by atoms with E-state index < -0.39 is 0 Å². The summed E-state index contributed by atoms with van der Waals surface area (Å²) < 4.78 is 2.29. The van der Waals surface area contributed by atoms with Gasteiger partial charge in [0.1, 0.15) is 5.82 Å². The number of hydrogen-bond donors (Lipinski definition) is 0. The van der Waals surface area contributed by atoms with E-state index in [0.29, 0.717) is 0 Å². The summed E-state index contributed by atoms with van der Waals surface area (Å²) in [5, 5.41) is 28.5. The Morgan fingerprint density at radius 3 is 0.953 bits per heavy atom. The fourth-order valence-electron chi connectivity index (χ4n) is 23.7. The van der Waals surface area contributed by atoms with Gasteiger partial charge in [-0.2, -0.15) is 0 Å². The van der Waals surface area contributed by atoms with E-state index in [1.54, 1.807) is 0 Å². The van der Waals surface area contributed by atoms with Gasteiger partial charge < -0.3 is 0 Å². The van der Waals surface area contributed by atoms with Gasteiger partial charge in [-0.3, -0.25) is 14.5 Å². The van der Waals surface area contributed by atoms with Gasteiger partial charge in [0.05, 0.1) is 22.2 Å². The Bertz CT molecular complexity index is 10500. The van der Waals surface area contributed by atoms with E-state index in [1.165, 1.54) is 224 Å². The second-order valence-electron chi connectivity index (χ2n) is 39.4. The molecule has 0 N–H and O–H groups in total. The first kappa shape index (κ1) is 88.1. The van der Waals surface area contributed by atoms with E-state index in [2.05, 4.69) is 543 Å². The van der Waals surface area contributed by atoms with Gasteiger partial charge in [0.25, 0.3) is 0 Å². The number of rotatable bonds is 13. The Labute approximate surface area is 869 Å². The van der Waals surface area contributed by atoms with Crippen LogP contribution in [0, 0.1) is 0 Å². The number of aromatic nitrogens is 4. The average molecular weight is 1900 g/mol. The van der Waals surface area contributed by atoms with Crippen LogP contribution in [0.1, 0.15) is 28.2 Å². The number of nitrogens with zero attached hydrogens (tertiary/aromatic N) is 4. The molecule has 1 unspecified atom stereocenters. The van der Waals surface area contributed by atoms with E-state index in [0.717, 1.165) is 61.4 Å². The minimum absolute atomic E-state index is 0.204. The predicted octanol–water partition coefficient (Wildman–Crippen LogP) is 39.4. The van der Waals surface area contributed by atoms with Crippen LogP contribution < -0.4 is 0 Å². The third-order valence-corrected chi connectivity index (χ3v) is 30.8. The van der Waals surface area contributed by atoms with E-state index in [-0.39, 0.29) is 5.92 Å². The molecule has 0 saturated heterocycles. The van der Waals surface area contributed by atoms with Crippen LogP contribution in [-0.2, 0) is 0 Å². The van der Waals surface area contributed by atoms with Crippen molar-refractivity contribution in [1.82, 2.24) is 19.5 Å². The molecule has 0 spiro atoms. The van der Waals surface area contributed by atoms with Crippen molar-refractivity contribution in [3.8, 4) is 117 Å². The molecule has 1 atom stereocenters. The second-order valence-corrected chi connectivity index (χ2v) is 39.4. The first-order valence-corrected chi connectivity index (χ1v) is 51.6. The lowest BCUT2D eigenvalue weighted by atomic mass is 9.83. The quantitative estimate of drug-likeness (QED) is 0.108. The van der Waals surface area contributed by atoms with Crippen molar-refractivity contribution < 1.29 is 0 Å². The third kappa shape index (κ3) is 15.9. The van der Waals surface area contributed by atoms with Gasteiger partial charge in [0.2, 0.25) is 0 Å². The molecule has 1 aliphatic carbocycles. The molecule has 30 rings (SSSR count). The lowest BCUT2D eigenvalue weighted by Gasteiger charge is -2.20. The van der Waals surface area contributed by atoms with Gasteiger partial charge in [-0.15, -0.1) is 0 Å². The zero-order chi connectivity index (χ0) is 99.1. The molecular weight excluding hydrogens is 1810 g/mol. The standard InChI is InChI=1S/C51H34.C48H30N2.C47H30N2/c1-3-14-36(15-4-1)47-33-41-19-9-10-20-43(41)49(47)38-26-23-35(24-27-38)40-29-30-46-48(32-40)50(37-16-5-2-6-17-37)44-21-11-12-22-45(44)51(46)42-28-25-34-13-7-8-18-39(34)31-42;1-3-11-33-25-37(19-17-31(33)9-1)47-41-14-6-7-15-42(41)48(38-20-18-32-10-2-4-12-34(32)26-38)44-28-35(21-23-43(44)47)39-22-24-46(49-29-39)40-27-36-13-5-8-16-45(36)50-30-40;1-2-16-38(17-3-1)49-44-21-11-10-20-43(44)48-47(49)37-26-27-41-42(30-37)46(36-25-23-32-13-5-7-15-34(32)29-36)40-19-9-8-18-39(40)45(41)35-24-22-31-12-4-6-14-33(31)28-35/h1-33,49H;1-30H;1-30H. The van der Waals surface area contributed by atoms with Gasteiger partial charge in [0.15, 0.2) is 0 Å². The summed E-state index contributed by atoms with van der Waals surface area (Å²) in [6.07, 6.45) is 6.28. The van der Waals surface area contributed by atoms with E-state index in [1.807, 2.05) is 30.6 Å². The number of imidazole rings is 1. The van der Waals surface area contributed by atoms with Gasteiger partial charge in [-0.05, 0) is 327 Å². The van der Waals surface area contributed by atoms with E-state index >= 15 is 0 Å². The fraction of sp³-hybridized carbons (Fsp3) is 0.00685. The van der Waals surface area contributed by atoms with Crippen molar-refractivity contribution in [3.05, 3.63) is 581 Å². The van der Waals surface area contributed by atoms with Crippen LogP contribution in [0.15, 0.2) is 558 Å². The SMILES string of the molecule is C1=C(c2ccccc2)C(c2ccc(-c3ccc4c(-c5ccc6ccccc6c5)c5ccccc5c(-c5ccccc5)c4c3)cc2)c2ccccc21.c1ccc(-n2c(-c3ccc4c(-c5ccc6ccccc6c5)c5ccccc5c(-c5ccc6ccccc6c5)c4c3)nc3ccccc32)cc1.c1ccc2cc(-c3c4ccccc4c(-c4ccc5ccccc5c4)c4cc(-c5ccc(-c6cnc7ccccc7c6)nc5)ccc34)ccc2c1. The maximum atomic E-state index is 5.25. The lowest BCUT2D eigenvalue weighted by molar-refractivity contribution is 1.07. The molecule has 698 valence electrons. The molecule has 1 aliphatic rings. The fourth-order valence-corrected chi connectivity index (χ4v) is 23.7. The topological polar surface area (TPSA) is 43.6 Å². The zero-order valence-corrected chi connectivity index (χ0v) is 82.1. The molecule has 3 aromatic heterocycles. The molecule has 29 aromatic rings. The molecule has 26 aromatic carbocycles. The molecule has 0 saturated carbocycles. The molecule has 4 heteroatoms. The van der Waals surface area contributed by atoms with Crippen LogP contribution in [0.2, 0.25) is 0 Å². The number of benzene rings is 26. The first-order valence-electron chi connectivity index (χ1n) is 51.6. The van der Waals surface area contributed by atoms with Crippen molar-refractivity contribution in [2.24, 2.45) is 0 Å². The van der Waals surface area contributed by atoms with E-state index in [4.69, 9.17) is 9.97 Å². The highest BCUT2D eigenvalue weighted by molar-refractivity contribution is 6.26. The second kappa shape index (κ2) is 37.5. The van der Waals surface area contributed by atoms with E-state index in [9.17, 15) is 0 Å². The molecule has 0 aliphatic heterocycles. The molecule has 0 bridgehead atoms. The number of para-hydroxylation sites is 4. The Morgan fingerprint density at radius 1 is 0.180 bits per heavy atom. The lowest BCUT2D eigenvalue weighted by Crippen LogP contribution is -2.01. The van der Waals surface area contributed by atoms with Crippen LogP contribution in [-0.4, -0.2) is 19.5 Å². The van der Waals surface area contributed by atoms with Crippen LogP contribution in [0.25, 0.3) is 269 Å². The maximum Gasteiger partial charge on any atom is 0.145 e. The summed E-state index contributed by atoms with van der Waals surface area (Å²) in [5.74, 6) is 1.13. The average Bonchev–Trinajstić information content (AvgIpc) is 0.897. The van der Waals surface area contributed by atoms with Crippen LogP contribution in [0.4, 0.5) is 0 Å². The Hall–Kier alpha value is -19.7. The van der Waals surface area contributed by atoms with Gasteiger partial charge >= 0.3 is 0 Å². The molecule has 0 radical (unpaired) electrons. The van der Waals surface area contributed by atoms with Gasteiger partial charge in [-0.25, -0.2) is 4.98 Å². The predicted molar refractivity (Wildman–Crippen MR) is 637 cm³/mol. The smallest absolute Gasteiger partial charge is 0.145 e. The maximum absolute atomic E-state index is 5.25. The highest BCUT2D eigenvalue weighted by atomic mass is 15.1. The van der Waals surface area contributed by atoms with Gasteiger partial charge in [-0.1, -0.05) is 455 Å². The van der Waals surface area contributed by atoms with Crippen LogP contribution >= 0.6 is 0 Å².